The van der Waals surface area contributed by atoms with Crippen molar-refractivity contribution in [2.24, 2.45) is 0 Å². The Morgan fingerprint density at radius 3 is 3.06 bits per heavy atom. The van der Waals surface area contributed by atoms with Crippen molar-refractivity contribution in [1.29, 1.82) is 0 Å². The SMILES string of the molecule is CCC(CO)NC(=O)c1cnc(-c2cccs2)s1. The Hall–Kier alpha value is -1.24. The number of aliphatic hydroxyl groups is 1. The quantitative estimate of drug-likeness (QED) is 0.885. The van der Waals surface area contributed by atoms with Crippen molar-refractivity contribution in [3.05, 3.63) is 28.6 Å². The molecule has 1 unspecified atom stereocenters. The van der Waals surface area contributed by atoms with Crippen molar-refractivity contribution < 1.29 is 9.90 Å². The molecule has 4 nitrogen and oxygen atoms in total. The lowest BCUT2D eigenvalue weighted by molar-refractivity contribution is 0.0919. The molecule has 0 aliphatic rings. The predicted molar refractivity (Wildman–Crippen MR) is 74.1 cm³/mol. The molecule has 0 aliphatic heterocycles. The minimum absolute atomic E-state index is 0.0428. The predicted octanol–water partition coefficient (Wildman–Crippen LogP) is 2.37. The minimum Gasteiger partial charge on any atom is -0.394 e. The van der Waals surface area contributed by atoms with E-state index in [2.05, 4.69) is 10.3 Å². The van der Waals surface area contributed by atoms with Crippen molar-refractivity contribution >= 4 is 28.6 Å². The average molecular weight is 282 g/mol. The molecule has 0 saturated carbocycles. The fourth-order valence-electron chi connectivity index (χ4n) is 1.43. The molecule has 2 heterocycles. The topological polar surface area (TPSA) is 62.2 Å². The van der Waals surface area contributed by atoms with Crippen LogP contribution in [0.3, 0.4) is 0 Å². The molecule has 2 aromatic heterocycles. The number of rotatable bonds is 5. The van der Waals surface area contributed by atoms with E-state index in [9.17, 15) is 4.79 Å². The second-order valence-electron chi connectivity index (χ2n) is 3.77. The number of thiazole rings is 1. The maximum atomic E-state index is 11.9. The van der Waals surface area contributed by atoms with Crippen molar-refractivity contribution in [2.75, 3.05) is 6.61 Å². The first kappa shape index (κ1) is 13.2. The molecule has 18 heavy (non-hydrogen) atoms. The van der Waals surface area contributed by atoms with Gasteiger partial charge in [0.15, 0.2) is 0 Å². The van der Waals surface area contributed by atoms with Gasteiger partial charge in [0.1, 0.15) is 9.88 Å². The Bertz CT molecular complexity index is 504. The molecule has 96 valence electrons. The standard InChI is InChI=1S/C12H14N2O2S2/c1-2-8(7-15)14-11(16)10-6-13-12(18-10)9-4-3-5-17-9/h3-6,8,15H,2,7H2,1H3,(H,14,16). The summed E-state index contributed by atoms with van der Waals surface area (Å²) < 4.78 is 0. The second-order valence-corrected chi connectivity index (χ2v) is 5.75. The minimum atomic E-state index is -0.190. The van der Waals surface area contributed by atoms with Crippen LogP contribution in [0.4, 0.5) is 0 Å². The van der Waals surface area contributed by atoms with Gasteiger partial charge in [0.2, 0.25) is 0 Å². The highest BCUT2D eigenvalue weighted by Crippen LogP contribution is 2.28. The van der Waals surface area contributed by atoms with Gasteiger partial charge in [-0.15, -0.1) is 22.7 Å². The van der Waals surface area contributed by atoms with Crippen LogP contribution < -0.4 is 5.32 Å². The number of carbonyl (C=O) groups excluding carboxylic acids is 1. The Morgan fingerprint density at radius 1 is 1.61 bits per heavy atom. The first-order valence-electron chi connectivity index (χ1n) is 5.66. The summed E-state index contributed by atoms with van der Waals surface area (Å²) in [7, 11) is 0. The maximum absolute atomic E-state index is 11.9. The summed E-state index contributed by atoms with van der Waals surface area (Å²) in [4.78, 5) is 17.8. The lowest BCUT2D eigenvalue weighted by atomic mass is 10.2. The van der Waals surface area contributed by atoms with Gasteiger partial charge in [-0.1, -0.05) is 13.0 Å². The lowest BCUT2D eigenvalue weighted by Gasteiger charge is -2.12. The summed E-state index contributed by atoms with van der Waals surface area (Å²) in [6.45, 7) is 1.88. The third-order valence-corrected chi connectivity index (χ3v) is 4.55. The molecule has 0 aromatic carbocycles. The molecule has 0 aliphatic carbocycles. The molecule has 6 heteroatoms. The average Bonchev–Trinajstić information content (AvgIpc) is 3.04. The molecule has 1 amide bonds. The van der Waals surface area contributed by atoms with Crippen LogP contribution in [-0.2, 0) is 0 Å². The Labute approximate surface area is 113 Å². The molecule has 2 N–H and O–H groups in total. The summed E-state index contributed by atoms with van der Waals surface area (Å²) in [5.41, 5.74) is 0. The highest BCUT2D eigenvalue weighted by molar-refractivity contribution is 7.21. The molecule has 0 spiro atoms. The van der Waals surface area contributed by atoms with E-state index in [0.717, 1.165) is 9.88 Å². The fraction of sp³-hybridized carbons (Fsp3) is 0.333. The third kappa shape index (κ3) is 2.95. The van der Waals surface area contributed by atoms with Gasteiger partial charge in [0.05, 0.1) is 23.7 Å². The number of hydrogen-bond acceptors (Lipinski definition) is 5. The number of hydrogen-bond donors (Lipinski definition) is 2. The van der Waals surface area contributed by atoms with Crippen LogP contribution in [0.5, 0.6) is 0 Å². The number of nitrogens with one attached hydrogen (secondary N) is 1. The van der Waals surface area contributed by atoms with Crippen LogP contribution in [0, 0.1) is 0 Å². The van der Waals surface area contributed by atoms with Crippen LogP contribution in [0.15, 0.2) is 23.7 Å². The van der Waals surface area contributed by atoms with Crippen molar-refractivity contribution in [1.82, 2.24) is 10.3 Å². The zero-order valence-electron chi connectivity index (χ0n) is 9.92. The van der Waals surface area contributed by atoms with E-state index in [0.29, 0.717) is 11.3 Å². The summed E-state index contributed by atoms with van der Waals surface area (Å²) in [6, 6.07) is 3.75. The normalized spacial score (nSPS) is 12.3. The fourth-order valence-corrected chi connectivity index (χ4v) is 3.05. The molecule has 2 rings (SSSR count). The molecule has 0 radical (unpaired) electrons. The van der Waals surface area contributed by atoms with E-state index in [1.165, 1.54) is 11.3 Å². The number of aliphatic hydroxyl groups excluding tert-OH is 1. The summed E-state index contributed by atoms with van der Waals surface area (Å²) in [5.74, 6) is -0.170. The number of aromatic nitrogens is 1. The molecule has 0 fully saturated rings. The first-order chi connectivity index (χ1) is 8.74. The third-order valence-electron chi connectivity index (χ3n) is 2.51. The van der Waals surface area contributed by atoms with E-state index in [-0.39, 0.29) is 18.6 Å². The Kier molecular flexibility index (Phi) is 4.46. The van der Waals surface area contributed by atoms with Crippen LogP contribution in [0.1, 0.15) is 23.0 Å². The van der Waals surface area contributed by atoms with Crippen molar-refractivity contribution in [2.45, 2.75) is 19.4 Å². The van der Waals surface area contributed by atoms with Gasteiger partial charge in [-0.05, 0) is 17.9 Å². The zero-order chi connectivity index (χ0) is 13.0. The number of carbonyl (C=O) groups is 1. The van der Waals surface area contributed by atoms with Gasteiger partial charge in [-0.2, -0.15) is 0 Å². The largest absolute Gasteiger partial charge is 0.394 e. The summed E-state index contributed by atoms with van der Waals surface area (Å²) >= 11 is 2.97. The van der Waals surface area contributed by atoms with Crippen molar-refractivity contribution in [3.8, 4) is 9.88 Å². The lowest BCUT2D eigenvalue weighted by Crippen LogP contribution is -2.36. The van der Waals surface area contributed by atoms with E-state index >= 15 is 0 Å². The summed E-state index contributed by atoms with van der Waals surface area (Å²) in [6.07, 6.45) is 2.29. The van der Waals surface area contributed by atoms with Gasteiger partial charge in [-0.3, -0.25) is 4.79 Å². The Balaban J connectivity index is 2.08. The molecule has 1 atom stereocenters. The summed E-state index contributed by atoms with van der Waals surface area (Å²) in [5, 5.41) is 14.7. The number of thiophene rings is 1. The molecular weight excluding hydrogens is 268 g/mol. The van der Waals surface area contributed by atoms with Crippen LogP contribution in [-0.4, -0.2) is 28.6 Å². The molecule has 0 bridgehead atoms. The Morgan fingerprint density at radius 2 is 2.44 bits per heavy atom. The first-order valence-corrected chi connectivity index (χ1v) is 7.35. The van der Waals surface area contributed by atoms with Gasteiger partial charge in [0.25, 0.3) is 5.91 Å². The van der Waals surface area contributed by atoms with Gasteiger partial charge >= 0.3 is 0 Å². The van der Waals surface area contributed by atoms with Crippen LogP contribution in [0.2, 0.25) is 0 Å². The zero-order valence-corrected chi connectivity index (χ0v) is 11.6. The second kappa shape index (κ2) is 6.08. The van der Waals surface area contributed by atoms with Crippen LogP contribution >= 0.6 is 22.7 Å². The van der Waals surface area contributed by atoms with Gasteiger partial charge in [-0.25, -0.2) is 4.98 Å². The van der Waals surface area contributed by atoms with Gasteiger partial charge < -0.3 is 10.4 Å². The molecule has 0 saturated heterocycles. The highest BCUT2D eigenvalue weighted by Gasteiger charge is 2.15. The molecule has 2 aromatic rings. The van der Waals surface area contributed by atoms with E-state index in [1.807, 2.05) is 24.4 Å². The highest BCUT2D eigenvalue weighted by atomic mass is 32.1. The van der Waals surface area contributed by atoms with Gasteiger partial charge in [0, 0.05) is 0 Å². The number of amides is 1. The number of nitrogens with zero attached hydrogens (tertiary/aromatic N) is 1. The smallest absolute Gasteiger partial charge is 0.263 e. The van der Waals surface area contributed by atoms with E-state index in [1.54, 1.807) is 17.5 Å². The van der Waals surface area contributed by atoms with Crippen LogP contribution in [0.25, 0.3) is 9.88 Å². The maximum Gasteiger partial charge on any atom is 0.263 e. The van der Waals surface area contributed by atoms with E-state index in [4.69, 9.17) is 5.11 Å². The molecular formula is C12H14N2O2S2. The monoisotopic (exact) mass is 282 g/mol. The van der Waals surface area contributed by atoms with E-state index < -0.39 is 0 Å². The van der Waals surface area contributed by atoms with Crippen molar-refractivity contribution in [3.63, 3.8) is 0 Å².